The predicted octanol–water partition coefficient (Wildman–Crippen LogP) is 1.92. The molecule has 5 nitrogen and oxygen atoms in total. The van der Waals surface area contributed by atoms with Crippen LogP contribution < -0.4 is 5.32 Å². The maximum atomic E-state index is 11.8. The van der Waals surface area contributed by atoms with E-state index in [0.29, 0.717) is 11.7 Å². The summed E-state index contributed by atoms with van der Waals surface area (Å²) in [6.45, 7) is 6.04. The maximum absolute atomic E-state index is 11.8. The molecule has 0 fully saturated rings. The third-order valence-corrected chi connectivity index (χ3v) is 3.70. The number of methoxy groups -OCH3 is 1. The summed E-state index contributed by atoms with van der Waals surface area (Å²) in [6.07, 6.45) is 1.83. The van der Waals surface area contributed by atoms with Crippen LogP contribution in [0.3, 0.4) is 0 Å². The molecule has 0 saturated heterocycles. The topological polar surface area (TPSA) is 54.5 Å². The Morgan fingerprint density at radius 1 is 1.53 bits per heavy atom. The van der Waals surface area contributed by atoms with E-state index in [2.05, 4.69) is 17.2 Å². The summed E-state index contributed by atoms with van der Waals surface area (Å²) in [4.78, 5) is 19.4. The highest BCUT2D eigenvalue weighted by Crippen LogP contribution is 2.22. The van der Waals surface area contributed by atoms with Crippen LogP contribution >= 0.6 is 11.3 Å². The maximum Gasteiger partial charge on any atom is 0.240 e. The Kier molecular flexibility index (Phi) is 6.97. The molecule has 1 aromatic heterocycles. The van der Waals surface area contributed by atoms with E-state index in [9.17, 15) is 4.79 Å². The molecule has 0 atom stereocenters. The summed E-state index contributed by atoms with van der Waals surface area (Å²) in [5.41, 5.74) is 1.06. The number of aryl methyl sites for hydroxylation is 2. The Balaban J connectivity index is 2.37. The molecule has 1 N–H and O–H groups in total. The van der Waals surface area contributed by atoms with Crippen LogP contribution in [0.1, 0.15) is 23.9 Å². The molecule has 0 saturated carbocycles. The molecule has 0 spiro atoms. The quantitative estimate of drug-likeness (QED) is 0.741. The van der Waals surface area contributed by atoms with Gasteiger partial charge >= 0.3 is 0 Å². The molecule has 0 aliphatic heterocycles. The van der Waals surface area contributed by atoms with Crippen LogP contribution in [0, 0.1) is 6.92 Å². The first-order valence-corrected chi connectivity index (χ1v) is 7.32. The van der Waals surface area contributed by atoms with E-state index in [-0.39, 0.29) is 5.91 Å². The highest BCUT2D eigenvalue weighted by molar-refractivity contribution is 7.15. The SMILES string of the molecule is CCc1nc(NC(=O)CN(C)CCCOC)sc1C. The van der Waals surface area contributed by atoms with Crippen molar-refractivity contribution in [2.45, 2.75) is 26.7 Å². The number of hydrogen-bond acceptors (Lipinski definition) is 5. The van der Waals surface area contributed by atoms with Crippen molar-refractivity contribution >= 4 is 22.4 Å². The molecule has 0 aliphatic carbocycles. The largest absolute Gasteiger partial charge is 0.385 e. The second-order valence-corrected chi connectivity index (χ2v) is 5.71. The average Bonchev–Trinajstić information content (AvgIpc) is 2.69. The highest BCUT2D eigenvalue weighted by atomic mass is 32.1. The third kappa shape index (κ3) is 5.67. The second kappa shape index (κ2) is 8.24. The van der Waals surface area contributed by atoms with Crippen molar-refractivity contribution in [3.63, 3.8) is 0 Å². The Morgan fingerprint density at radius 2 is 2.26 bits per heavy atom. The van der Waals surface area contributed by atoms with Crippen LogP contribution in [0.15, 0.2) is 0 Å². The fourth-order valence-electron chi connectivity index (χ4n) is 1.77. The van der Waals surface area contributed by atoms with Crippen molar-refractivity contribution in [3.8, 4) is 0 Å². The Labute approximate surface area is 119 Å². The van der Waals surface area contributed by atoms with Gasteiger partial charge in [-0.15, -0.1) is 11.3 Å². The van der Waals surface area contributed by atoms with Gasteiger partial charge in [-0.05, 0) is 26.8 Å². The summed E-state index contributed by atoms with van der Waals surface area (Å²) in [5, 5.41) is 3.55. The van der Waals surface area contributed by atoms with Gasteiger partial charge in [-0.3, -0.25) is 9.69 Å². The smallest absolute Gasteiger partial charge is 0.240 e. The van der Waals surface area contributed by atoms with Crippen LogP contribution in [0.4, 0.5) is 5.13 Å². The van der Waals surface area contributed by atoms with E-state index in [0.717, 1.165) is 31.7 Å². The van der Waals surface area contributed by atoms with Crippen molar-refractivity contribution in [2.75, 3.05) is 39.2 Å². The third-order valence-electron chi connectivity index (χ3n) is 2.78. The molecule has 1 aromatic rings. The van der Waals surface area contributed by atoms with Crippen molar-refractivity contribution in [1.29, 1.82) is 0 Å². The van der Waals surface area contributed by atoms with Gasteiger partial charge in [-0.2, -0.15) is 0 Å². The van der Waals surface area contributed by atoms with Crippen LogP contribution in [-0.2, 0) is 16.0 Å². The van der Waals surface area contributed by atoms with Crippen LogP contribution in [-0.4, -0.2) is 49.6 Å². The molecule has 1 rings (SSSR count). The summed E-state index contributed by atoms with van der Waals surface area (Å²) in [7, 11) is 3.61. The molecule has 0 aliphatic rings. The minimum absolute atomic E-state index is 0.0173. The number of ether oxygens (including phenoxy) is 1. The van der Waals surface area contributed by atoms with Crippen molar-refractivity contribution in [1.82, 2.24) is 9.88 Å². The number of nitrogens with zero attached hydrogens (tertiary/aromatic N) is 2. The Hall–Kier alpha value is -0.980. The number of carbonyl (C=O) groups is 1. The van der Waals surface area contributed by atoms with Crippen molar-refractivity contribution < 1.29 is 9.53 Å². The van der Waals surface area contributed by atoms with Gasteiger partial charge in [0.2, 0.25) is 5.91 Å². The monoisotopic (exact) mass is 285 g/mol. The molecule has 6 heteroatoms. The molecule has 1 heterocycles. The van der Waals surface area contributed by atoms with Gasteiger partial charge in [0.15, 0.2) is 5.13 Å². The summed E-state index contributed by atoms with van der Waals surface area (Å²) >= 11 is 1.53. The molecule has 0 bridgehead atoms. The molecule has 19 heavy (non-hydrogen) atoms. The number of carbonyl (C=O) groups excluding carboxylic acids is 1. The van der Waals surface area contributed by atoms with Gasteiger partial charge in [-0.25, -0.2) is 4.98 Å². The molecular weight excluding hydrogens is 262 g/mol. The van der Waals surface area contributed by atoms with E-state index in [4.69, 9.17) is 4.74 Å². The van der Waals surface area contributed by atoms with Crippen molar-refractivity contribution in [2.24, 2.45) is 0 Å². The van der Waals surface area contributed by atoms with E-state index < -0.39 is 0 Å². The average molecular weight is 285 g/mol. The number of hydrogen-bond donors (Lipinski definition) is 1. The van der Waals surface area contributed by atoms with E-state index >= 15 is 0 Å². The van der Waals surface area contributed by atoms with Crippen LogP contribution in [0.2, 0.25) is 0 Å². The van der Waals surface area contributed by atoms with E-state index in [1.54, 1.807) is 7.11 Å². The lowest BCUT2D eigenvalue weighted by atomic mass is 10.3. The zero-order chi connectivity index (χ0) is 14.3. The molecule has 0 radical (unpaired) electrons. The van der Waals surface area contributed by atoms with E-state index in [1.807, 2.05) is 18.9 Å². The first kappa shape index (κ1) is 16.1. The lowest BCUT2D eigenvalue weighted by Gasteiger charge is -2.15. The van der Waals surface area contributed by atoms with Gasteiger partial charge in [0.1, 0.15) is 0 Å². The Bertz CT molecular complexity index is 407. The molecule has 108 valence electrons. The first-order chi connectivity index (χ1) is 9.06. The number of likely N-dealkylation sites (N-methyl/N-ethyl adjacent to an activating group) is 1. The minimum atomic E-state index is -0.0173. The van der Waals surface area contributed by atoms with Gasteiger partial charge < -0.3 is 10.1 Å². The normalized spacial score (nSPS) is 11.0. The summed E-state index contributed by atoms with van der Waals surface area (Å²) < 4.78 is 4.99. The van der Waals surface area contributed by atoms with Gasteiger partial charge in [0.25, 0.3) is 0 Å². The number of amides is 1. The number of aromatic nitrogens is 1. The number of thiazole rings is 1. The highest BCUT2D eigenvalue weighted by Gasteiger charge is 2.11. The number of anilines is 1. The molecular formula is C13H23N3O2S. The zero-order valence-electron chi connectivity index (χ0n) is 12.2. The fraction of sp³-hybridized carbons (Fsp3) is 0.692. The minimum Gasteiger partial charge on any atom is -0.385 e. The second-order valence-electron chi connectivity index (χ2n) is 4.51. The summed E-state index contributed by atoms with van der Waals surface area (Å²) in [6, 6.07) is 0. The fourth-order valence-corrected chi connectivity index (χ4v) is 2.69. The van der Waals surface area contributed by atoms with Crippen molar-refractivity contribution in [3.05, 3.63) is 10.6 Å². The molecule has 0 aromatic carbocycles. The first-order valence-electron chi connectivity index (χ1n) is 6.50. The van der Waals surface area contributed by atoms with Crippen LogP contribution in [0.25, 0.3) is 0 Å². The lowest BCUT2D eigenvalue weighted by molar-refractivity contribution is -0.117. The van der Waals surface area contributed by atoms with Gasteiger partial charge in [0.05, 0.1) is 12.2 Å². The molecule has 1 amide bonds. The Morgan fingerprint density at radius 3 is 2.84 bits per heavy atom. The number of rotatable bonds is 8. The lowest BCUT2D eigenvalue weighted by Crippen LogP contribution is -2.31. The van der Waals surface area contributed by atoms with E-state index in [1.165, 1.54) is 16.2 Å². The van der Waals surface area contributed by atoms with Crippen LogP contribution in [0.5, 0.6) is 0 Å². The molecule has 0 unspecified atom stereocenters. The number of nitrogens with one attached hydrogen (secondary N) is 1. The van der Waals surface area contributed by atoms with Gasteiger partial charge in [0, 0.05) is 25.1 Å². The standard InChI is InChI=1S/C13H23N3O2S/c1-5-11-10(2)19-13(14-11)15-12(17)9-16(3)7-6-8-18-4/h5-9H2,1-4H3,(H,14,15,17). The van der Waals surface area contributed by atoms with Gasteiger partial charge in [-0.1, -0.05) is 6.92 Å². The zero-order valence-corrected chi connectivity index (χ0v) is 13.0. The summed E-state index contributed by atoms with van der Waals surface area (Å²) in [5.74, 6) is -0.0173. The predicted molar refractivity (Wildman–Crippen MR) is 78.8 cm³/mol.